The van der Waals surface area contributed by atoms with Crippen molar-refractivity contribution >= 4 is 17.5 Å². The van der Waals surface area contributed by atoms with Gasteiger partial charge < -0.3 is 10.4 Å². The van der Waals surface area contributed by atoms with Crippen molar-refractivity contribution in [2.75, 3.05) is 6.61 Å². The fraction of sp³-hybridized carbons (Fsp3) is 0.292. The summed E-state index contributed by atoms with van der Waals surface area (Å²) in [5.74, 6) is -0.425. The second-order valence-corrected chi connectivity index (χ2v) is 7.30. The summed E-state index contributed by atoms with van der Waals surface area (Å²) in [4.78, 5) is 37.5. The SMILES string of the molecule is CC1=C(CCCC(=O)NC(CO)Cc2ccccc2)C(=O)c2ccccc2C1=O. The number of rotatable bonds is 8. The molecule has 0 spiro atoms. The number of Topliss-reactive ketones (excluding diaryl/α,β-unsaturated/α-hetero) is 2. The summed E-state index contributed by atoms with van der Waals surface area (Å²) in [6.07, 6.45) is 1.62. The highest BCUT2D eigenvalue weighted by molar-refractivity contribution is 6.26. The zero-order valence-corrected chi connectivity index (χ0v) is 16.5. The highest BCUT2D eigenvalue weighted by Crippen LogP contribution is 2.28. The van der Waals surface area contributed by atoms with Crippen LogP contribution in [0.2, 0.25) is 0 Å². The largest absolute Gasteiger partial charge is 0.394 e. The molecule has 0 saturated carbocycles. The number of aliphatic hydroxyl groups is 1. The third kappa shape index (κ3) is 4.87. The highest BCUT2D eigenvalue weighted by atomic mass is 16.3. The topological polar surface area (TPSA) is 83.5 Å². The second-order valence-electron chi connectivity index (χ2n) is 7.30. The monoisotopic (exact) mass is 391 g/mol. The first-order valence-electron chi connectivity index (χ1n) is 9.83. The summed E-state index contributed by atoms with van der Waals surface area (Å²) >= 11 is 0. The van der Waals surface area contributed by atoms with Crippen LogP contribution in [0, 0.1) is 0 Å². The fourth-order valence-electron chi connectivity index (χ4n) is 3.64. The summed E-state index contributed by atoms with van der Waals surface area (Å²) < 4.78 is 0. The Bertz CT molecular complexity index is 946. The molecule has 2 aromatic rings. The zero-order valence-electron chi connectivity index (χ0n) is 16.5. The number of benzene rings is 2. The number of nitrogens with one attached hydrogen (secondary N) is 1. The maximum atomic E-state index is 12.7. The van der Waals surface area contributed by atoms with Crippen molar-refractivity contribution in [3.8, 4) is 0 Å². The number of hydrogen-bond acceptors (Lipinski definition) is 4. The number of fused-ring (bicyclic) bond motifs is 1. The van der Waals surface area contributed by atoms with E-state index in [4.69, 9.17) is 0 Å². The van der Waals surface area contributed by atoms with Crippen LogP contribution in [-0.4, -0.2) is 35.2 Å². The molecule has 0 aromatic heterocycles. The van der Waals surface area contributed by atoms with Crippen molar-refractivity contribution in [1.82, 2.24) is 5.32 Å². The molecule has 1 atom stereocenters. The molecule has 0 bridgehead atoms. The first-order valence-corrected chi connectivity index (χ1v) is 9.83. The van der Waals surface area contributed by atoms with Gasteiger partial charge in [0.2, 0.25) is 5.91 Å². The average Bonchev–Trinajstić information content (AvgIpc) is 2.74. The molecule has 2 N–H and O–H groups in total. The number of ketones is 2. The van der Waals surface area contributed by atoms with E-state index in [9.17, 15) is 19.5 Å². The Labute approximate surface area is 170 Å². The van der Waals surface area contributed by atoms with E-state index in [1.807, 2.05) is 30.3 Å². The third-order valence-corrected chi connectivity index (χ3v) is 5.22. The number of allylic oxidation sites excluding steroid dienone is 2. The molecule has 150 valence electrons. The Morgan fingerprint density at radius 3 is 2.24 bits per heavy atom. The lowest BCUT2D eigenvalue weighted by Gasteiger charge is -2.19. The number of aliphatic hydroxyl groups excluding tert-OH is 1. The Morgan fingerprint density at radius 1 is 0.966 bits per heavy atom. The van der Waals surface area contributed by atoms with Crippen molar-refractivity contribution in [2.45, 2.75) is 38.6 Å². The van der Waals surface area contributed by atoms with Crippen molar-refractivity contribution < 1.29 is 19.5 Å². The van der Waals surface area contributed by atoms with Gasteiger partial charge in [0.05, 0.1) is 12.6 Å². The van der Waals surface area contributed by atoms with Gasteiger partial charge in [-0.05, 0) is 31.7 Å². The summed E-state index contributed by atoms with van der Waals surface area (Å²) in [5, 5.41) is 12.4. The number of carbonyl (C=O) groups excluding carboxylic acids is 3. The Kier molecular flexibility index (Phi) is 6.73. The molecular weight excluding hydrogens is 366 g/mol. The maximum absolute atomic E-state index is 12.7. The van der Waals surface area contributed by atoms with Gasteiger partial charge in [0, 0.05) is 28.7 Å². The van der Waals surface area contributed by atoms with Gasteiger partial charge in [-0.25, -0.2) is 0 Å². The highest BCUT2D eigenvalue weighted by Gasteiger charge is 2.29. The third-order valence-electron chi connectivity index (χ3n) is 5.22. The van der Waals surface area contributed by atoms with Gasteiger partial charge in [0.1, 0.15) is 0 Å². The summed E-state index contributed by atoms with van der Waals surface area (Å²) in [6, 6.07) is 16.1. The van der Waals surface area contributed by atoms with Crippen LogP contribution in [0.5, 0.6) is 0 Å². The van der Waals surface area contributed by atoms with Crippen molar-refractivity contribution in [3.63, 3.8) is 0 Å². The number of carbonyl (C=O) groups is 3. The lowest BCUT2D eigenvalue weighted by molar-refractivity contribution is -0.122. The van der Waals surface area contributed by atoms with E-state index in [0.29, 0.717) is 41.5 Å². The Morgan fingerprint density at radius 2 is 1.59 bits per heavy atom. The molecule has 1 aliphatic carbocycles. The predicted octanol–water partition coefficient (Wildman–Crippen LogP) is 3.27. The van der Waals surface area contributed by atoms with Gasteiger partial charge in [0.15, 0.2) is 11.6 Å². The van der Waals surface area contributed by atoms with E-state index < -0.39 is 0 Å². The lowest BCUT2D eigenvalue weighted by Crippen LogP contribution is -2.39. The van der Waals surface area contributed by atoms with Crippen LogP contribution in [0.1, 0.15) is 52.5 Å². The standard InChI is InChI=1S/C24H25NO4/c1-16-19(24(29)21-11-6-5-10-20(21)23(16)28)12-7-13-22(27)25-18(15-26)14-17-8-3-2-4-9-17/h2-6,8-11,18,26H,7,12-15H2,1H3,(H,25,27). The Hall–Kier alpha value is -3.05. The van der Waals surface area contributed by atoms with Crippen LogP contribution in [0.15, 0.2) is 65.7 Å². The molecule has 0 radical (unpaired) electrons. The quantitative estimate of drug-likeness (QED) is 0.723. The van der Waals surface area contributed by atoms with Gasteiger partial charge in [-0.2, -0.15) is 0 Å². The molecular formula is C24H25NO4. The van der Waals surface area contributed by atoms with E-state index in [-0.39, 0.29) is 36.5 Å². The molecule has 1 amide bonds. The van der Waals surface area contributed by atoms with Crippen LogP contribution >= 0.6 is 0 Å². The summed E-state index contributed by atoms with van der Waals surface area (Å²) in [7, 11) is 0. The minimum Gasteiger partial charge on any atom is -0.394 e. The number of amides is 1. The van der Waals surface area contributed by atoms with Crippen LogP contribution in [0.25, 0.3) is 0 Å². The number of hydrogen-bond donors (Lipinski definition) is 2. The van der Waals surface area contributed by atoms with E-state index in [1.54, 1.807) is 31.2 Å². The molecule has 0 saturated heterocycles. The molecule has 5 nitrogen and oxygen atoms in total. The molecule has 0 fully saturated rings. The first kappa shape index (κ1) is 20.7. The van der Waals surface area contributed by atoms with Crippen molar-refractivity contribution in [1.29, 1.82) is 0 Å². The molecule has 29 heavy (non-hydrogen) atoms. The van der Waals surface area contributed by atoms with Crippen LogP contribution in [-0.2, 0) is 11.2 Å². The first-order chi connectivity index (χ1) is 14.0. The van der Waals surface area contributed by atoms with E-state index in [0.717, 1.165) is 5.56 Å². The Balaban J connectivity index is 1.55. The molecule has 1 aliphatic rings. The molecule has 5 heteroatoms. The zero-order chi connectivity index (χ0) is 20.8. The van der Waals surface area contributed by atoms with Gasteiger partial charge in [0.25, 0.3) is 0 Å². The van der Waals surface area contributed by atoms with Crippen LogP contribution < -0.4 is 5.32 Å². The average molecular weight is 391 g/mol. The second kappa shape index (κ2) is 9.43. The maximum Gasteiger partial charge on any atom is 0.220 e. The van der Waals surface area contributed by atoms with Crippen molar-refractivity contribution in [2.24, 2.45) is 0 Å². The van der Waals surface area contributed by atoms with Crippen LogP contribution in [0.4, 0.5) is 0 Å². The van der Waals surface area contributed by atoms with Gasteiger partial charge in [-0.15, -0.1) is 0 Å². The molecule has 0 heterocycles. The molecule has 1 unspecified atom stereocenters. The smallest absolute Gasteiger partial charge is 0.220 e. The normalized spacial score (nSPS) is 14.6. The fourth-order valence-corrected chi connectivity index (χ4v) is 3.64. The minimum atomic E-state index is -0.351. The molecule has 2 aromatic carbocycles. The predicted molar refractivity (Wildman–Crippen MR) is 111 cm³/mol. The molecule has 0 aliphatic heterocycles. The van der Waals surface area contributed by atoms with Gasteiger partial charge >= 0.3 is 0 Å². The van der Waals surface area contributed by atoms with Gasteiger partial charge in [-0.3, -0.25) is 14.4 Å². The summed E-state index contributed by atoms with van der Waals surface area (Å²) in [6.45, 7) is 1.53. The summed E-state index contributed by atoms with van der Waals surface area (Å²) in [5.41, 5.74) is 2.88. The van der Waals surface area contributed by atoms with Gasteiger partial charge in [-0.1, -0.05) is 54.6 Å². The van der Waals surface area contributed by atoms with E-state index >= 15 is 0 Å². The van der Waals surface area contributed by atoms with Crippen LogP contribution in [0.3, 0.4) is 0 Å². The van der Waals surface area contributed by atoms with E-state index in [1.165, 1.54) is 0 Å². The van der Waals surface area contributed by atoms with Crippen molar-refractivity contribution in [3.05, 3.63) is 82.4 Å². The lowest BCUT2D eigenvalue weighted by atomic mass is 9.83. The minimum absolute atomic E-state index is 0.122. The molecule has 3 rings (SSSR count). The van der Waals surface area contributed by atoms with E-state index in [2.05, 4.69) is 5.32 Å².